The molecule has 0 aromatic carbocycles. The van der Waals surface area contributed by atoms with Crippen molar-refractivity contribution in [1.29, 1.82) is 0 Å². The summed E-state index contributed by atoms with van der Waals surface area (Å²) in [4.78, 5) is 8.02. The van der Waals surface area contributed by atoms with E-state index in [4.69, 9.17) is 21.1 Å². The molecule has 1 N–H and O–H groups in total. The molecule has 1 aliphatic rings. The van der Waals surface area contributed by atoms with Gasteiger partial charge < -0.3 is 14.8 Å². The number of hydrogen-bond donors (Lipinski definition) is 1. The molecule has 0 unspecified atom stereocenters. The fraction of sp³-hybridized carbons (Fsp3) is 0.500. The van der Waals surface area contributed by atoms with Gasteiger partial charge in [0.05, 0.1) is 19.4 Å². The van der Waals surface area contributed by atoms with Crippen LogP contribution in [-0.4, -0.2) is 36.3 Å². The molecule has 0 spiro atoms. The predicted octanol–water partition coefficient (Wildman–Crippen LogP) is 0.949. The van der Waals surface area contributed by atoms with Crippen LogP contribution in [0.5, 0.6) is 5.88 Å². The van der Waals surface area contributed by atoms with Gasteiger partial charge in [0, 0.05) is 7.05 Å². The summed E-state index contributed by atoms with van der Waals surface area (Å²) in [7, 11) is 1.74. The van der Waals surface area contributed by atoms with Crippen LogP contribution in [0.3, 0.4) is 0 Å². The molecule has 1 fully saturated rings. The van der Waals surface area contributed by atoms with Gasteiger partial charge in [-0.1, -0.05) is 11.6 Å². The van der Waals surface area contributed by atoms with Crippen LogP contribution in [0, 0.1) is 0 Å². The zero-order chi connectivity index (χ0) is 9.97. The molecule has 6 heteroatoms. The quantitative estimate of drug-likeness (QED) is 0.814. The van der Waals surface area contributed by atoms with Crippen LogP contribution in [-0.2, 0) is 4.74 Å². The van der Waals surface area contributed by atoms with Gasteiger partial charge in [-0.05, 0) is 0 Å². The van der Waals surface area contributed by atoms with E-state index in [0.717, 1.165) is 0 Å². The maximum atomic E-state index is 5.86. The van der Waals surface area contributed by atoms with Crippen molar-refractivity contribution < 1.29 is 9.47 Å². The Balaban J connectivity index is 2.13. The van der Waals surface area contributed by atoms with Crippen LogP contribution in [0.15, 0.2) is 6.20 Å². The Morgan fingerprint density at radius 1 is 1.64 bits per heavy atom. The Morgan fingerprint density at radius 3 is 3.00 bits per heavy atom. The van der Waals surface area contributed by atoms with Gasteiger partial charge in [-0.25, -0.2) is 4.98 Å². The molecule has 14 heavy (non-hydrogen) atoms. The smallest absolute Gasteiger partial charge is 0.237 e. The monoisotopic (exact) mass is 215 g/mol. The lowest BCUT2D eigenvalue weighted by atomic mass is 10.3. The fourth-order valence-corrected chi connectivity index (χ4v) is 1.13. The topological polar surface area (TPSA) is 56.3 Å². The molecule has 0 amide bonds. The van der Waals surface area contributed by atoms with Gasteiger partial charge in [0.2, 0.25) is 11.8 Å². The lowest BCUT2D eigenvalue weighted by Crippen LogP contribution is -2.38. The normalized spacial score (nSPS) is 16.1. The van der Waals surface area contributed by atoms with Gasteiger partial charge in [-0.2, -0.15) is 4.98 Å². The van der Waals surface area contributed by atoms with Gasteiger partial charge in [0.15, 0.2) is 0 Å². The lowest BCUT2D eigenvalue weighted by Gasteiger charge is -2.26. The molecule has 2 heterocycles. The molecule has 1 aliphatic heterocycles. The number of rotatable bonds is 3. The maximum Gasteiger partial charge on any atom is 0.237 e. The average molecular weight is 216 g/mol. The molecule has 2 rings (SSSR count). The Morgan fingerprint density at radius 2 is 2.43 bits per heavy atom. The summed E-state index contributed by atoms with van der Waals surface area (Å²) in [6.07, 6.45) is 1.57. The molecule has 0 bridgehead atoms. The lowest BCUT2D eigenvalue weighted by molar-refractivity contribution is -0.0812. The van der Waals surface area contributed by atoms with Crippen molar-refractivity contribution in [2.45, 2.75) is 6.10 Å². The number of anilines is 1. The largest absolute Gasteiger partial charge is 0.468 e. The number of halogens is 1. The summed E-state index contributed by atoms with van der Waals surface area (Å²) in [5.41, 5.74) is 0. The first-order valence-corrected chi connectivity index (χ1v) is 4.62. The molecule has 0 radical (unpaired) electrons. The van der Waals surface area contributed by atoms with Crippen LogP contribution in [0.2, 0.25) is 5.02 Å². The van der Waals surface area contributed by atoms with Crippen molar-refractivity contribution in [2.24, 2.45) is 0 Å². The second-order valence-electron chi connectivity index (χ2n) is 2.87. The van der Waals surface area contributed by atoms with E-state index in [9.17, 15) is 0 Å². The number of nitrogens with one attached hydrogen (secondary N) is 1. The van der Waals surface area contributed by atoms with Crippen LogP contribution in [0.4, 0.5) is 5.95 Å². The van der Waals surface area contributed by atoms with E-state index < -0.39 is 0 Å². The van der Waals surface area contributed by atoms with Crippen LogP contribution < -0.4 is 10.1 Å². The standard InChI is InChI=1S/C8H10ClN3O2/c1-10-8-11-2-6(9)7(12-8)14-5-3-13-4-5/h2,5H,3-4H2,1H3,(H,10,11,12). The highest BCUT2D eigenvalue weighted by Gasteiger charge is 2.22. The van der Waals surface area contributed by atoms with E-state index in [1.807, 2.05) is 0 Å². The third kappa shape index (κ3) is 1.88. The highest BCUT2D eigenvalue weighted by atomic mass is 35.5. The Hall–Kier alpha value is -1.07. The minimum absolute atomic E-state index is 0.0621. The SMILES string of the molecule is CNc1ncc(Cl)c(OC2COC2)n1. The number of nitrogens with zero attached hydrogens (tertiary/aromatic N) is 2. The van der Waals surface area contributed by atoms with Crippen molar-refractivity contribution in [1.82, 2.24) is 9.97 Å². The first kappa shape index (κ1) is 9.48. The van der Waals surface area contributed by atoms with Crippen molar-refractivity contribution in [2.75, 3.05) is 25.6 Å². The van der Waals surface area contributed by atoms with E-state index in [-0.39, 0.29) is 6.10 Å². The van der Waals surface area contributed by atoms with Gasteiger partial charge in [-0.3, -0.25) is 0 Å². The van der Waals surface area contributed by atoms with Gasteiger partial charge in [0.25, 0.3) is 0 Å². The Labute approximate surface area is 86.4 Å². The molecule has 0 aliphatic carbocycles. The first-order chi connectivity index (χ1) is 6.79. The van der Waals surface area contributed by atoms with Gasteiger partial charge in [-0.15, -0.1) is 0 Å². The molecule has 76 valence electrons. The average Bonchev–Trinajstić information content (AvgIpc) is 2.14. The van der Waals surface area contributed by atoms with E-state index >= 15 is 0 Å². The van der Waals surface area contributed by atoms with Crippen LogP contribution >= 0.6 is 11.6 Å². The highest BCUT2D eigenvalue weighted by Crippen LogP contribution is 2.24. The van der Waals surface area contributed by atoms with E-state index in [1.54, 1.807) is 7.05 Å². The van der Waals surface area contributed by atoms with Crippen LogP contribution in [0.1, 0.15) is 0 Å². The number of aromatic nitrogens is 2. The van der Waals surface area contributed by atoms with Gasteiger partial charge >= 0.3 is 0 Å². The summed E-state index contributed by atoms with van der Waals surface area (Å²) in [6, 6.07) is 0. The maximum absolute atomic E-state index is 5.86. The highest BCUT2D eigenvalue weighted by molar-refractivity contribution is 6.31. The summed E-state index contributed by atoms with van der Waals surface area (Å²) >= 11 is 5.86. The van der Waals surface area contributed by atoms with Crippen LogP contribution in [0.25, 0.3) is 0 Å². The zero-order valence-corrected chi connectivity index (χ0v) is 8.41. The molecule has 0 atom stereocenters. The molecular weight excluding hydrogens is 206 g/mol. The number of ether oxygens (including phenoxy) is 2. The molecule has 1 aromatic heterocycles. The zero-order valence-electron chi connectivity index (χ0n) is 7.66. The summed E-state index contributed by atoms with van der Waals surface area (Å²) in [6.45, 7) is 1.18. The fourth-order valence-electron chi connectivity index (χ4n) is 0.995. The Bertz CT molecular complexity index is 330. The third-order valence-electron chi connectivity index (χ3n) is 1.82. The first-order valence-electron chi connectivity index (χ1n) is 4.24. The summed E-state index contributed by atoms with van der Waals surface area (Å²) < 4.78 is 10.5. The van der Waals surface area contributed by atoms with Crippen molar-refractivity contribution in [3.8, 4) is 5.88 Å². The van der Waals surface area contributed by atoms with Crippen molar-refractivity contribution in [3.63, 3.8) is 0 Å². The third-order valence-corrected chi connectivity index (χ3v) is 2.08. The molecule has 1 aromatic rings. The summed E-state index contributed by atoms with van der Waals surface area (Å²) in [5, 5.41) is 3.22. The van der Waals surface area contributed by atoms with Gasteiger partial charge in [0.1, 0.15) is 11.1 Å². The molecule has 0 saturated carbocycles. The predicted molar refractivity (Wildman–Crippen MR) is 51.8 cm³/mol. The molecular formula is C8H10ClN3O2. The second-order valence-corrected chi connectivity index (χ2v) is 3.28. The number of hydrogen-bond acceptors (Lipinski definition) is 5. The van der Waals surface area contributed by atoms with Crippen molar-refractivity contribution >= 4 is 17.5 Å². The minimum Gasteiger partial charge on any atom is -0.468 e. The Kier molecular flexibility index (Phi) is 2.69. The van der Waals surface area contributed by atoms with E-state index in [2.05, 4.69) is 15.3 Å². The molecule has 1 saturated heterocycles. The van der Waals surface area contributed by atoms with E-state index in [0.29, 0.717) is 30.1 Å². The molecule has 5 nitrogen and oxygen atoms in total. The van der Waals surface area contributed by atoms with Crippen molar-refractivity contribution in [3.05, 3.63) is 11.2 Å². The minimum atomic E-state index is 0.0621. The second kappa shape index (κ2) is 3.98. The van der Waals surface area contributed by atoms with E-state index in [1.165, 1.54) is 6.20 Å². The summed E-state index contributed by atoms with van der Waals surface area (Å²) in [5.74, 6) is 0.893.